The van der Waals surface area contributed by atoms with Gasteiger partial charge in [-0.25, -0.2) is 9.78 Å². The Labute approximate surface area is 181 Å². The first-order valence-corrected chi connectivity index (χ1v) is 10.3. The smallest absolute Gasteiger partial charge is 0.328 e. The Bertz CT molecular complexity index is 1320. The first kappa shape index (κ1) is 20.4. The molecule has 0 saturated carbocycles. The van der Waals surface area contributed by atoms with E-state index in [-0.39, 0.29) is 5.69 Å². The number of rotatable bonds is 6. The lowest BCUT2D eigenvalue weighted by molar-refractivity contribution is 0.463. The summed E-state index contributed by atoms with van der Waals surface area (Å²) in [6.07, 6.45) is 2.66. The predicted octanol–water partition coefficient (Wildman–Crippen LogP) is 5.11. The molecule has 0 spiro atoms. The molecule has 0 N–H and O–H groups in total. The number of aryl methyl sites for hydroxylation is 2. The minimum absolute atomic E-state index is 0.00682. The Kier molecular flexibility index (Phi) is 5.59. The largest absolute Gasteiger partial charge is 0.439 e. The zero-order valence-corrected chi connectivity index (χ0v) is 17.9. The van der Waals surface area contributed by atoms with Crippen LogP contribution >= 0.6 is 0 Å². The average molecular weight is 412 g/mol. The highest BCUT2D eigenvalue weighted by molar-refractivity contribution is 5.82. The Morgan fingerprint density at radius 2 is 1.77 bits per heavy atom. The van der Waals surface area contributed by atoms with E-state index in [0.717, 1.165) is 28.6 Å². The van der Waals surface area contributed by atoms with Crippen LogP contribution in [0.4, 0.5) is 0 Å². The van der Waals surface area contributed by atoms with Gasteiger partial charge in [-0.2, -0.15) is 5.26 Å². The minimum atomic E-state index is 0.00682. The number of pyridine rings is 1. The topological polar surface area (TPSA) is 72.8 Å². The van der Waals surface area contributed by atoms with Gasteiger partial charge in [-0.05, 0) is 65.9 Å². The van der Waals surface area contributed by atoms with E-state index in [1.807, 2.05) is 41.9 Å². The fourth-order valence-corrected chi connectivity index (χ4v) is 3.55. The molecule has 0 aliphatic rings. The summed E-state index contributed by atoms with van der Waals surface area (Å²) in [4.78, 5) is 17.0. The molecule has 0 fully saturated rings. The molecule has 2 aromatic carbocycles. The van der Waals surface area contributed by atoms with E-state index in [0.29, 0.717) is 29.7 Å². The van der Waals surface area contributed by atoms with E-state index in [2.05, 4.69) is 24.9 Å². The van der Waals surface area contributed by atoms with Crippen molar-refractivity contribution in [3.8, 4) is 28.8 Å². The second kappa shape index (κ2) is 8.49. The molecule has 6 heteroatoms. The van der Waals surface area contributed by atoms with Gasteiger partial charge in [0, 0.05) is 25.9 Å². The van der Waals surface area contributed by atoms with E-state index in [9.17, 15) is 4.79 Å². The minimum Gasteiger partial charge on any atom is -0.439 e. The van der Waals surface area contributed by atoms with E-state index in [4.69, 9.17) is 10.00 Å². The normalized spacial score (nSPS) is 11.1. The van der Waals surface area contributed by atoms with Crippen molar-refractivity contribution >= 4 is 11.0 Å². The highest BCUT2D eigenvalue weighted by atomic mass is 16.5. The molecular formula is C25H24N4O2. The number of fused-ring (bicyclic) bond motifs is 1. The van der Waals surface area contributed by atoms with E-state index < -0.39 is 0 Å². The molecule has 0 atom stereocenters. The molecule has 0 saturated heterocycles. The van der Waals surface area contributed by atoms with Gasteiger partial charge in [0.2, 0.25) is 5.88 Å². The van der Waals surface area contributed by atoms with Gasteiger partial charge in [-0.15, -0.1) is 0 Å². The van der Waals surface area contributed by atoms with Crippen molar-refractivity contribution in [3.05, 3.63) is 76.8 Å². The first-order valence-electron chi connectivity index (χ1n) is 10.3. The Morgan fingerprint density at radius 1 is 1.03 bits per heavy atom. The van der Waals surface area contributed by atoms with Gasteiger partial charge >= 0.3 is 5.69 Å². The Balaban J connectivity index is 1.65. The second-order valence-electron chi connectivity index (χ2n) is 8.00. The van der Waals surface area contributed by atoms with Crippen LogP contribution in [0.1, 0.15) is 25.8 Å². The van der Waals surface area contributed by atoms with E-state index in [1.165, 1.54) is 0 Å². The number of hydrogen-bond donors (Lipinski definition) is 0. The second-order valence-corrected chi connectivity index (χ2v) is 8.00. The maximum atomic E-state index is 12.7. The molecule has 0 unspecified atom stereocenters. The number of aromatic nitrogens is 3. The van der Waals surface area contributed by atoms with Gasteiger partial charge in [0.05, 0.1) is 22.7 Å². The van der Waals surface area contributed by atoms with Crippen LogP contribution < -0.4 is 10.4 Å². The molecule has 0 bridgehead atoms. The summed E-state index contributed by atoms with van der Waals surface area (Å²) in [7, 11) is 1.81. The summed E-state index contributed by atoms with van der Waals surface area (Å²) < 4.78 is 9.40. The Morgan fingerprint density at radius 3 is 2.48 bits per heavy atom. The summed E-state index contributed by atoms with van der Waals surface area (Å²) in [5, 5.41) is 8.92. The van der Waals surface area contributed by atoms with Crippen molar-refractivity contribution in [3.63, 3.8) is 0 Å². The molecular weight excluding hydrogens is 388 g/mol. The van der Waals surface area contributed by atoms with Crippen LogP contribution in [-0.2, 0) is 13.6 Å². The molecule has 156 valence electrons. The molecule has 6 nitrogen and oxygen atoms in total. The van der Waals surface area contributed by atoms with Crippen LogP contribution in [0.3, 0.4) is 0 Å². The van der Waals surface area contributed by atoms with Crippen LogP contribution in [-0.4, -0.2) is 14.1 Å². The summed E-state index contributed by atoms with van der Waals surface area (Å²) in [6.45, 7) is 5.04. The number of nitrogens with zero attached hydrogens (tertiary/aromatic N) is 4. The third-order valence-corrected chi connectivity index (χ3v) is 5.35. The predicted molar refractivity (Wildman–Crippen MR) is 121 cm³/mol. The van der Waals surface area contributed by atoms with E-state index in [1.54, 1.807) is 35.0 Å². The van der Waals surface area contributed by atoms with Crippen molar-refractivity contribution in [1.29, 1.82) is 5.26 Å². The number of benzene rings is 2. The standard InChI is InChI=1S/C25H24N4O2/c1-17(2)11-13-29-22-9-6-19(14-23(22)28(3)25(29)30)20-10-12-27-24(15-20)31-21-7-4-18(16-26)5-8-21/h4-10,12,14-15,17H,11,13H2,1-3H3. The SMILES string of the molecule is CC(C)CCn1c(=O)n(C)c2cc(-c3ccnc(Oc4ccc(C#N)cc4)c3)ccc21. The van der Waals surface area contributed by atoms with Gasteiger partial charge in [-0.3, -0.25) is 9.13 Å². The fourth-order valence-electron chi connectivity index (χ4n) is 3.55. The molecule has 0 aliphatic heterocycles. The van der Waals surface area contributed by atoms with Crippen LogP contribution in [0, 0.1) is 17.2 Å². The number of hydrogen-bond acceptors (Lipinski definition) is 4. The molecule has 2 heterocycles. The third-order valence-electron chi connectivity index (χ3n) is 5.35. The molecule has 4 aromatic rings. The van der Waals surface area contributed by atoms with Gasteiger partial charge in [0.25, 0.3) is 0 Å². The number of nitriles is 1. The van der Waals surface area contributed by atoms with Crippen molar-refractivity contribution < 1.29 is 4.74 Å². The van der Waals surface area contributed by atoms with Crippen LogP contribution in [0.2, 0.25) is 0 Å². The quantitative estimate of drug-likeness (QED) is 0.441. The highest BCUT2D eigenvalue weighted by Crippen LogP contribution is 2.28. The Hall–Kier alpha value is -3.85. The average Bonchev–Trinajstić information content (AvgIpc) is 3.02. The van der Waals surface area contributed by atoms with Crippen molar-refractivity contribution in [1.82, 2.24) is 14.1 Å². The lowest BCUT2D eigenvalue weighted by Gasteiger charge is -2.08. The van der Waals surface area contributed by atoms with Gasteiger partial charge in [-0.1, -0.05) is 19.9 Å². The molecule has 4 rings (SSSR count). The molecule has 0 amide bonds. The highest BCUT2D eigenvalue weighted by Gasteiger charge is 2.13. The van der Waals surface area contributed by atoms with Gasteiger partial charge < -0.3 is 4.74 Å². The van der Waals surface area contributed by atoms with Gasteiger partial charge in [0.15, 0.2) is 0 Å². The molecule has 31 heavy (non-hydrogen) atoms. The van der Waals surface area contributed by atoms with Crippen molar-refractivity contribution in [2.45, 2.75) is 26.8 Å². The number of imidazole rings is 1. The van der Waals surface area contributed by atoms with Crippen LogP contribution in [0.15, 0.2) is 65.6 Å². The summed E-state index contributed by atoms with van der Waals surface area (Å²) in [5.74, 6) is 1.61. The maximum absolute atomic E-state index is 12.7. The van der Waals surface area contributed by atoms with Crippen LogP contribution in [0.25, 0.3) is 22.2 Å². The zero-order valence-electron chi connectivity index (χ0n) is 17.9. The van der Waals surface area contributed by atoms with Crippen molar-refractivity contribution in [2.75, 3.05) is 0 Å². The monoisotopic (exact) mass is 412 g/mol. The summed E-state index contributed by atoms with van der Waals surface area (Å²) in [5.41, 5.74) is 4.36. The molecule has 2 aromatic heterocycles. The van der Waals surface area contributed by atoms with Crippen LogP contribution in [0.5, 0.6) is 11.6 Å². The summed E-state index contributed by atoms with van der Waals surface area (Å²) in [6, 6.07) is 18.8. The summed E-state index contributed by atoms with van der Waals surface area (Å²) >= 11 is 0. The third kappa shape index (κ3) is 4.22. The zero-order chi connectivity index (χ0) is 22.0. The van der Waals surface area contributed by atoms with Gasteiger partial charge in [0.1, 0.15) is 5.75 Å². The molecule has 0 aliphatic carbocycles. The number of ether oxygens (including phenoxy) is 1. The lowest BCUT2D eigenvalue weighted by atomic mass is 10.1. The fraction of sp³-hybridized carbons (Fsp3) is 0.240. The lowest BCUT2D eigenvalue weighted by Crippen LogP contribution is -2.22. The van der Waals surface area contributed by atoms with Crippen molar-refractivity contribution in [2.24, 2.45) is 13.0 Å². The van der Waals surface area contributed by atoms with E-state index >= 15 is 0 Å². The maximum Gasteiger partial charge on any atom is 0.328 e. The molecule has 0 radical (unpaired) electrons. The first-order chi connectivity index (χ1) is 15.0.